The molecule has 0 heterocycles. The van der Waals surface area contributed by atoms with Crippen molar-refractivity contribution in [2.45, 2.75) is 46.5 Å². The molecule has 0 saturated carbocycles. The molecule has 146 valence electrons. The molecule has 2 nitrogen and oxygen atoms in total. The molecule has 2 heteroatoms. The van der Waals surface area contributed by atoms with Crippen LogP contribution in [0, 0.1) is 24.7 Å². The van der Waals surface area contributed by atoms with Crippen molar-refractivity contribution in [3.05, 3.63) is 76.9 Å². The zero-order valence-corrected chi connectivity index (χ0v) is 17.6. The highest BCUT2D eigenvalue weighted by atomic mass is 16.5. The van der Waals surface area contributed by atoms with Gasteiger partial charge in [-0.1, -0.05) is 86.7 Å². The molecule has 0 saturated heterocycles. The fraction of sp³-hybridized carbons (Fsp3) is 0.346. The number of hydrogen-bond donors (Lipinski definition) is 0. The second-order valence-electron chi connectivity index (χ2n) is 7.96. The molecule has 0 amide bonds. The van der Waals surface area contributed by atoms with Crippen molar-refractivity contribution in [1.29, 1.82) is 0 Å². The summed E-state index contributed by atoms with van der Waals surface area (Å²) in [5.41, 5.74) is 4.64. The summed E-state index contributed by atoms with van der Waals surface area (Å²) in [7, 11) is 0. The maximum atomic E-state index is 12.3. The summed E-state index contributed by atoms with van der Waals surface area (Å²) in [6, 6.07) is 16.5. The van der Waals surface area contributed by atoms with Crippen LogP contribution < -0.4 is 0 Å². The normalized spacial score (nSPS) is 12.3. The van der Waals surface area contributed by atoms with Crippen LogP contribution in [0.4, 0.5) is 0 Å². The number of benzene rings is 2. The highest BCUT2D eigenvalue weighted by Gasteiger charge is 2.15. The lowest BCUT2D eigenvalue weighted by molar-refractivity contribution is -0.146. The van der Waals surface area contributed by atoms with Gasteiger partial charge in [-0.3, -0.25) is 4.79 Å². The number of rotatable bonds is 5. The van der Waals surface area contributed by atoms with Gasteiger partial charge in [0.05, 0.1) is 12.5 Å². The lowest BCUT2D eigenvalue weighted by Gasteiger charge is -2.18. The summed E-state index contributed by atoms with van der Waals surface area (Å²) < 4.78 is 5.21. The molecule has 2 aromatic carbocycles. The first kappa shape index (κ1) is 21.5. The van der Waals surface area contributed by atoms with Crippen LogP contribution in [0.15, 0.2) is 54.6 Å². The zero-order valence-electron chi connectivity index (χ0n) is 17.6. The third-order valence-corrected chi connectivity index (χ3v) is 4.49. The highest BCUT2D eigenvalue weighted by molar-refractivity contribution is 5.76. The van der Waals surface area contributed by atoms with E-state index in [1.165, 1.54) is 11.1 Å². The maximum Gasteiger partial charge on any atom is 0.313 e. The number of aryl methyl sites for hydroxylation is 1. The predicted molar refractivity (Wildman–Crippen MR) is 117 cm³/mol. The molecule has 1 unspecified atom stereocenters. The van der Waals surface area contributed by atoms with E-state index in [-0.39, 0.29) is 17.3 Å². The van der Waals surface area contributed by atoms with E-state index in [1.54, 1.807) is 0 Å². The quantitative estimate of drug-likeness (QED) is 0.479. The Morgan fingerprint density at radius 3 is 2.29 bits per heavy atom. The Balaban J connectivity index is 2.10. The first-order chi connectivity index (χ1) is 13.3. The fourth-order valence-corrected chi connectivity index (χ4v) is 2.70. The molecule has 28 heavy (non-hydrogen) atoms. The molecular formula is C26H30O2. The smallest absolute Gasteiger partial charge is 0.313 e. The Hall–Kier alpha value is -2.79. The Bertz CT molecular complexity index is 854. The van der Waals surface area contributed by atoms with Crippen molar-refractivity contribution in [3.63, 3.8) is 0 Å². The van der Waals surface area contributed by atoms with Crippen molar-refractivity contribution < 1.29 is 9.53 Å². The van der Waals surface area contributed by atoms with Gasteiger partial charge in [0.15, 0.2) is 0 Å². The number of esters is 1. The second kappa shape index (κ2) is 9.95. The summed E-state index contributed by atoms with van der Waals surface area (Å²) in [6.45, 7) is 10.8. The second-order valence-corrected chi connectivity index (χ2v) is 7.96. The van der Waals surface area contributed by atoms with E-state index in [9.17, 15) is 4.79 Å². The SMILES string of the molecule is CCOC(=O)C(/C=C/c1ccc(C)cc1)CC#Cc1ccc(C(C)(C)C)cc1. The first-order valence-corrected chi connectivity index (χ1v) is 9.80. The van der Waals surface area contributed by atoms with Crippen LogP contribution in [0.1, 0.15) is 56.4 Å². The number of hydrogen-bond acceptors (Lipinski definition) is 2. The van der Waals surface area contributed by atoms with Crippen molar-refractivity contribution in [2.75, 3.05) is 6.61 Å². The van der Waals surface area contributed by atoms with E-state index in [2.05, 4.69) is 63.8 Å². The minimum Gasteiger partial charge on any atom is -0.466 e. The van der Waals surface area contributed by atoms with Crippen LogP contribution >= 0.6 is 0 Å². The molecule has 0 N–H and O–H groups in total. The van der Waals surface area contributed by atoms with Crippen molar-refractivity contribution in [3.8, 4) is 11.8 Å². The van der Waals surface area contributed by atoms with Gasteiger partial charge in [0, 0.05) is 12.0 Å². The fourth-order valence-electron chi connectivity index (χ4n) is 2.70. The first-order valence-electron chi connectivity index (χ1n) is 9.80. The van der Waals surface area contributed by atoms with Crippen LogP contribution in [-0.2, 0) is 14.9 Å². The lowest BCUT2D eigenvalue weighted by Crippen LogP contribution is -2.15. The van der Waals surface area contributed by atoms with Gasteiger partial charge in [-0.15, -0.1) is 0 Å². The maximum absolute atomic E-state index is 12.3. The van der Waals surface area contributed by atoms with Crippen LogP contribution in [-0.4, -0.2) is 12.6 Å². The molecule has 0 bridgehead atoms. The lowest BCUT2D eigenvalue weighted by atomic mass is 9.87. The molecular weight excluding hydrogens is 344 g/mol. The van der Waals surface area contributed by atoms with Crippen LogP contribution in [0.5, 0.6) is 0 Å². The molecule has 2 aromatic rings. The molecule has 0 aliphatic rings. The predicted octanol–water partition coefficient (Wildman–Crippen LogP) is 5.93. The van der Waals surface area contributed by atoms with Crippen LogP contribution in [0.3, 0.4) is 0 Å². The minimum absolute atomic E-state index is 0.127. The molecule has 0 aromatic heterocycles. The van der Waals surface area contributed by atoms with E-state index in [4.69, 9.17) is 4.74 Å². The van der Waals surface area contributed by atoms with E-state index in [1.807, 2.05) is 43.3 Å². The average Bonchev–Trinajstić information content (AvgIpc) is 2.65. The summed E-state index contributed by atoms with van der Waals surface area (Å²) in [5.74, 6) is 5.70. The van der Waals surface area contributed by atoms with Crippen LogP contribution in [0.2, 0.25) is 0 Å². The van der Waals surface area contributed by atoms with E-state index < -0.39 is 0 Å². The molecule has 0 radical (unpaired) electrons. The largest absolute Gasteiger partial charge is 0.466 e. The van der Waals surface area contributed by atoms with Gasteiger partial charge < -0.3 is 4.74 Å². The Morgan fingerprint density at radius 2 is 1.71 bits per heavy atom. The van der Waals surface area contributed by atoms with Gasteiger partial charge >= 0.3 is 5.97 Å². The zero-order chi connectivity index (χ0) is 20.6. The highest BCUT2D eigenvalue weighted by Crippen LogP contribution is 2.22. The number of carbonyl (C=O) groups is 1. The van der Waals surface area contributed by atoms with E-state index in [0.29, 0.717) is 13.0 Å². The average molecular weight is 375 g/mol. The Morgan fingerprint density at radius 1 is 1.07 bits per heavy atom. The minimum atomic E-state index is -0.373. The summed E-state index contributed by atoms with van der Waals surface area (Å²) in [6.07, 6.45) is 4.28. The van der Waals surface area contributed by atoms with Gasteiger partial charge in [0.2, 0.25) is 0 Å². The van der Waals surface area contributed by atoms with Crippen molar-refractivity contribution >= 4 is 12.0 Å². The number of carbonyl (C=O) groups excluding carboxylic acids is 1. The Labute approximate surface area is 169 Å². The van der Waals surface area contributed by atoms with Gasteiger partial charge in [-0.25, -0.2) is 0 Å². The molecule has 0 spiro atoms. The van der Waals surface area contributed by atoms with Gasteiger partial charge in [-0.2, -0.15) is 0 Å². The van der Waals surface area contributed by atoms with Gasteiger partial charge in [0.1, 0.15) is 0 Å². The molecule has 0 aliphatic heterocycles. The summed E-state index contributed by atoms with van der Waals surface area (Å²) in [4.78, 5) is 12.3. The molecule has 0 fully saturated rings. The third kappa shape index (κ3) is 6.74. The van der Waals surface area contributed by atoms with Gasteiger partial charge in [-0.05, 0) is 42.5 Å². The summed E-state index contributed by atoms with van der Waals surface area (Å²) >= 11 is 0. The van der Waals surface area contributed by atoms with Crippen LogP contribution in [0.25, 0.3) is 6.08 Å². The van der Waals surface area contributed by atoms with Crippen molar-refractivity contribution in [2.24, 2.45) is 5.92 Å². The van der Waals surface area contributed by atoms with E-state index in [0.717, 1.165) is 11.1 Å². The molecule has 0 aliphatic carbocycles. The monoisotopic (exact) mass is 374 g/mol. The molecule has 2 rings (SSSR count). The number of ether oxygens (including phenoxy) is 1. The van der Waals surface area contributed by atoms with Crippen molar-refractivity contribution in [1.82, 2.24) is 0 Å². The Kier molecular flexibility index (Phi) is 7.64. The van der Waals surface area contributed by atoms with E-state index >= 15 is 0 Å². The summed E-state index contributed by atoms with van der Waals surface area (Å²) in [5, 5.41) is 0. The third-order valence-electron chi connectivity index (χ3n) is 4.49. The van der Waals surface area contributed by atoms with Gasteiger partial charge in [0.25, 0.3) is 0 Å². The topological polar surface area (TPSA) is 26.3 Å². The standard InChI is InChI=1S/C26H30O2/c1-6-28-25(27)23(17-14-22-12-10-20(2)11-13-22)9-7-8-21-15-18-24(19-16-21)26(3,4)5/h10-19,23H,6,9H2,1-5H3/b17-14+. The molecule has 1 atom stereocenters.